The first-order valence-corrected chi connectivity index (χ1v) is 16.4. The summed E-state index contributed by atoms with van der Waals surface area (Å²) in [6.45, 7) is 3.11. The summed E-state index contributed by atoms with van der Waals surface area (Å²) in [5, 5.41) is 5.31. The number of amides is 5. The summed E-state index contributed by atoms with van der Waals surface area (Å²) in [5.74, 6) is -3.45. The van der Waals surface area contributed by atoms with E-state index in [1.165, 1.54) is 29.0 Å². The molecule has 0 unspecified atom stereocenters. The van der Waals surface area contributed by atoms with Crippen molar-refractivity contribution in [3.63, 3.8) is 0 Å². The lowest BCUT2D eigenvalue weighted by Gasteiger charge is -2.33. The fourth-order valence-corrected chi connectivity index (χ4v) is 5.87. The molecule has 1 fully saturated rings. The van der Waals surface area contributed by atoms with Crippen LogP contribution in [-0.2, 0) is 43.1 Å². The van der Waals surface area contributed by atoms with Crippen molar-refractivity contribution >= 4 is 29.5 Å². The average molecular weight is 694 g/mol. The maximum Gasteiger partial charge on any atom is 0.416 e. The van der Waals surface area contributed by atoms with Crippen LogP contribution in [0.25, 0.3) is 11.1 Å². The van der Waals surface area contributed by atoms with Gasteiger partial charge in [-0.15, -0.1) is 0 Å². The van der Waals surface area contributed by atoms with E-state index in [2.05, 4.69) is 10.6 Å². The van der Waals surface area contributed by atoms with Crippen molar-refractivity contribution in [2.24, 2.45) is 11.7 Å². The Morgan fingerprint density at radius 1 is 0.900 bits per heavy atom. The maximum absolute atomic E-state index is 14.5. The fourth-order valence-electron chi connectivity index (χ4n) is 5.87. The number of alkyl halides is 3. The molecule has 3 aromatic carbocycles. The van der Waals surface area contributed by atoms with Crippen LogP contribution in [0, 0.1) is 5.92 Å². The lowest BCUT2D eigenvalue weighted by molar-refractivity contribution is -0.144. The summed E-state index contributed by atoms with van der Waals surface area (Å²) in [7, 11) is 1.44. The van der Waals surface area contributed by atoms with Crippen molar-refractivity contribution in [1.82, 2.24) is 20.4 Å². The zero-order valence-electron chi connectivity index (χ0n) is 28.2. The third-order valence-corrected chi connectivity index (χ3v) is 8.57. The molecule has 1 heterocycles. The number of likely N-dealkylation sites (N-methyl/N-ethyl adjacent to an activating group) is 1. The summed E-state index contributed by atoms with van der Waals surface area (Å²) >= 11 is 0. The minimum absolute atomic E-state index is 0.0463. The number of nitrogens with one attached hydrogen (secondary N) is 2. The first kappa shape index (κ1) is 37.6. The first-order chi connectivity index (χ1) is 23.6. The number of carbonyl (C=O) groups is 5. The summed E-state index contributed by atoms with van der Waals surface area (Å²) in [4.78, 5) is 69.8. The smallest absolute Gasteiger partial charge is 0.368 e. The molecule has 0 spiro atoms. The zero-order chi connectivity index (χ0) is 36.6. The molecule has 3 aromatic rings. The third kappa shape index (κ3) is 10.2. The monoisotopic (exact) mass is 693 g/mol. The Labute approximate surface area is 289 Å². The molecule has 0 aliphatic carbocycles. The highest BCUT2D eigenvalue weighted by Crippen LogP contribution is 2.29. The van der Waals surface area contributed by atoms with E-state index in [0.29, 0.717) is 11.1 Å². The minimum atomic E-state index is -4.57. The number of halogens is 3. The van der Waals surface area contributed by atoms with Crippen LogP contribution in [0.15, 0.2) is 78.9 Å². The van der Waals surface area contributed by atoms with Crippen molar-refractivity contribution in [1.29, 1.82) is 0 Å². The molecule has 0 radical (unpaired) electrons. The van der Waals surface area contributed by atoms with E-state index in [9.17, 15) is 37.1 Å². The van der Waals surface area contributed by atoms with E-state index in [1.54, 1.807) is 12.1 Å². The number of nitrogens with zero attached hydrogens (tertiary/aromatic N) is 2. The van der Waals surface area contributed by atoms with Gasteiger partial charge in [-0.2, -0.15) is 13.2 Å². The summed E-state index contributed by atoms with van der Waals surface area (Å²) in [6, 6.07) is 17.5. The predicted molar refractivity (Wildman–Crippen MR) is 181 cm³/mol. The summed E-state index contributed by atoms with van der Waals surface area (Å²) in [6.07, 6.45) is -4.86. The van der Waals surface area contributed by atoms with Gasteiger partial charge in [0.15, 0.2) is 0 Å². The molecule has 5 amide bonds. The van der Waals surface area contributed by atoms with Gasteiger partial charge in [-0.25, -0.2) is 0 Å². The number of benzene rings is 3. The SMILES string of the molecule is CC(C)C[C@@H]1C(=O)N[C@H](Cc2ccc(C(F)(F)F)cc2)C(=O)N(Cc2cccc(-c3ccccc3)c2)CC(=O)N[C@H](C(N)=O)CCC(=O)N1C. The van der Waals surface area contributed by atoms with Gasteiger partial charge in [0, 0.05) is 26.4 Å². The van der Waals surface area contributed by atoms with Crippen molar-refractivity contribution in [2.75, 3.05) is 13.6 Å². The van der Waals surface area contributed by atoms with Gasteiger partial charge in [0.05, 0.1) is 12.1 Å². The molecule has 1 aliphatic heterocycles. The predicted octanol–water partition coefficient (Wildman–Crippen LogP) is 4.07. The highest BCUT2D eigenvalue weighted by atomic mass is 19.4. The van der Waals surface area contributed by atoms with Crippen LogP contribution >= 0.6 is 0 Å². The molecule has 0 aromatic heterocycles. The number of hydrogen-bond acceptors (Lipinski definition) is 5. The van der Waals surface area contributed by atoms with Gasteiger partial charge in [0.2, 0.25) is 29.5 Å². The molecule has 3 atom stereocenters. The van der Waals surface area contributed by atoms with Gasteiger partial charge in [-0.3, -0.25) is 24.0 Å². The van der Waals surface area contributed by atoms with Crippen LogP contribution in [0.3, 0.4) is 0 Å². The van der Waals surface area contributed by atoms with Crippen LogP contribution in [0.4, 0.5) is 13.2 Å². The molecular weight excluding hydrogens is 651 g/mol. The van der Waals surface area contributed by atoms with Gasteiger partial charge >= 0.3 is 6.18 Å². The molecule has 13 heteroatoms. The molecule has 4 rings (SSSR count). The second-order valence-corrected chi connectivity index (χ2v) is 12.9. The lowest BCUT2D eigenvalue weighted by atomic mass is 9.98. The van der Waals surface area contributed by atoms with E-state index >= 15 is 0 Å². The number of rotatable bonds is 8. The Morgan fingerprint density at radius 2 is 1.56 bits per heavy atom. The highest BCUT2D eigenvalue weighted by molar-refractivity contribution is 5.95. The van der Waals surface area contributed by atoms with Gasteiger partial charge in [-0.1, -0.05) is 74.5 Å². The standard InChI is InChI=1S/C37H42F3N5O5/c1-23(2)18-31-35(49)43-30(20-24-12-14-28(15-13-24)37(38,39)40)36(50)45(21-25-8-7-11-27(19-25)26-9-5-4-6-10-26)22-32(46)42-29(34(41)48)16-17-33(47)44(31)3/h4-15,19,23,29-31H,16-18,20-22H2,1-3H3,(H2,41,48)(H,42,46)(H,43,49)/t29-,30+,31+/m0/s1. The molecular formula is C37H42F3N5O5. The minimum Gasteiger partial charge on any atom is -0.368 e. The lowest BCUT2D eigenvalue weighted by Crippen LogP contribution is -2.57. The van der Waals surface area contributed by atoms with Gasteiger partial charge in [0.1, 0.15) is 18.1 Å². The fraction of sp³-hybridized carbons (Fsp3) is 0.378. The van der Waals surface area contributed by atoms with Crippen molar-refractivity contribution in [3.8, 4) is 11.1 Å². The van der Waals surface area contributed by atoms with Crippen LogP contribution in [0.1, 0.15) is 49.8 Å². The van der Waals surface area contributed by atoms with Crippen molar-refractivity contribution in [3.05, 3.63) is 95.6 Å². The van der Waals surface area contributed by atoms with Crippen LogP contribution in [-0.4, -0.2) is 71.1 Å². The molecule has 1 saturated heterocycles. The Hall–Kier alpha value is -5.20. The molecule has 4 N–H and O–H groups in total. The molecule has 266 valence electrons. The van der Waals surface area contributed by atoms with E-state index < -0.39 is 65.9 Å². The van der Waals surface area contributed by atoms with Crippen molar-refractivity contribution in [2.45, 2.75) is 70.4 Å². The Balaban J connectivity index is 1.77. The molecule has 10 nitrogen and oxygen atoms in total. The van der Waals surface area contributed by atoms with Crippen LogP contribution < -0.4 is 16.4 Å². The van der Waals surface area contributed by atoms with Gasteiger partial charge in [-0.05, 0) is 59.2 Å². The van der Waals surface area contributed by atoms with E-state index in [4.69, 9.17) is 5.73 Å². The molecule has 0 bridgehead atoms. The van der Waals surface area contributed by atoms with Crippen molar-refractivity contribution < 1.29 is 37.1 Å². The Kier molecular flexibility index (Phi) is 12.4. The number of carbonyl (C=O) groups excluding carboxylic acids is 5. The zero-order valence-corrected chi connectivity index (χ0v) is 28.2. The molecule has 1 aliphatic rings. The summed E-state index contributed by atoms with van der Waals surface area (Å²) < 4.78 is 39.9. The quantitative estimate of drug-likeness (QED) is 0.326. The van der Waals surface area contributed by atoms with E-state index in [-0.39, 0.29) is 38.1 Å². The van der Waals surface area contributed by atoms with Gasteiger partial charge in [0.25, 0.3) is 0 Å². The van der Waals surface area contributed by atoms with E-state index in [1.807, 2.05) is 56.3 Å². The molecule has 50 heavy (non-hydrogen) atoms. The second-order valence-electron chi connectivity index (χ2n) is 12.9. The van der Waals surface area contributed by atoms with Crippen LogP contribution in [0.5, 0.6) is 0 Å². The van der Waals surface area contributed by atoms with Gasteiger partial charge < -0.3 is 26.2 Å². The third-order valence-electron chi connectivity index (χ3n) is 8.57. The normalized spacial score (nSPS) is 19.9. The van der Waals surface area contributed by atoms with E-state index in [0.717, 1.165) is 23.3 Å². The maximum atomic E-state index is 14.5. The number of hydrogen-bond donors (Lipinski definition) is 3. The Bertz CT molecular complexity index is 1680. The summed E-state index contributed by atoms with van der Waals surface area (Å²) in [5.41, 5.74) is 7.46. The first-order valence-electron chi connectivity index (χ1n) is 16.4. The Morgan fingerprint density at radius 3 is 2.18 bits per heavy atom. The largest absolute Gasteiger partial charge is 0.416 e. The highest BCUT2D eigenvalue weighted by Gasteiger charge is 2.35. The topological polar surface area (TPSA) is 142 Å². The number of primary amides is 1. The van der Waals surface area contributed by atoms with Crippen LogP contribution in [0.2, 0.25) is 0 Å². The second kappa shape index (κ2) is 16.5. The molecule has 0 saturated carbocycles. The number of nitrogens with two attached hydrogens (primary N) is 1. The average Bonchev–Trinajstić information content (AvgIpc) is 3.07.